The minimum absolute atomic E-state index is 0.000536. The van der Waals surface area contributed by atoms with E-state index in [1.165, 1.54) is 0 Å². The van der Waals surface area contributed by atoms with Crippen LogP contribution >= 0.6 is 0 Å². The molecule has 0 radical (unpaired) electrons. The van der Waals surface area contributed by atoms with E-state index in [2.05, 4.69) is 4.98 Å². The summed E-state index contributed by atoms with van der Waals surface area (Å²) in [5.41, 5.74) is 2.53. The van der Waals surface area contributed by atoms with Crippen molar-refractivity contribution in [1.82, 2.24) is 9.55 Å². The van der Waals surface area contributed by atoms with Crippen LogP contribution in [0.15, 0.2) is 41.1 Å². The molecule has 0 saturated carbocycles. The predicted octanol–water partition coefficient (Wildman–Crippen LogP) is 2.68. The lowest BCUT2D eigenvalue weighted by Gasteiger charge is -2.00. The number of fused-ring (bicyclic) bond motifs is 1. The Bertz CT molecular complexity index is 755. The maximum absolute atomic E-state index is 10.9. The van der Waals surface area contributed by atoms with E-state index in [0.717, 1.165) is 11.0 Å². The monoisotopic (exact) mass is 256 g/mol. The van der Waals surface area contributed by atoms with E-state index in [-0.39, 0.29) is 5.76 Å². The van der Waals surface area contributed by atoms with Gasteiger partial charge in [-0.1, -0.05) is 12.1 Å². The van der Waals surface area contributed by atoms with Gasteiger partial charge in [-0.15, -0.1) is 0 Å². The number of hydrogen-bond acceptors (Lipinski definition) is 3. The second-order valence-corrected chi connectivity index (χ2v) is 4.39. The summed E-state index contributed by atoms with van der Waals surface area (Å²) in [6.45, 7) is 2.19. The fourth-order valence-corrected chi connectivity index (χ4v) is 2.14. The lowest BCUT2D eigenvalue weighted by atomic mass is 10.2. The van der Waals surface area contributed by atoms with Crippen LogP contribution in [0.3, 0.4) is 0 Å². The third-order valence-electron chi connectivity index (χ3n) is 3.02. The molecular formula is C14H12N2O3. The van der Waals surface area contributed by atoms with Gasteiger partial charge in [0.1, 0.15) is 5.76 Å². The molecule has 0 atom stereocenters. The zero-order valence-electron chi connectivity index (χ0n) is 10.3. The average molecular weight is 256 g/mol. The highest BCUT2D eigenvalue weighted by atomic mass is 16.4. The van der Waals surface area contributed by atoms with Gasteiger partial charge in [-0.3, -0.25) is 0 Å². The number of benzene rings is 1. The van der Waals surface area contributed by atoms with E-state index < -0.39 is 5.97 Å². The molecule has 96 valence electrons. The first kappa shape index (κ1) is 11.5. The smallest absolute Gasteiger partial charge is 0.372 e. The van der Waals surface area contributed by atoms with Gasteiger partial charge in [0.05, 0.1) is 23.9 Å². The maximum Gasteiger partial charge on any atom is 0.372 e. The van der Waals surface area contributed by atoms with Crippen molar-refractivity contribution >= 4 is 17.0 Å². The number of aromatic nitrogens is 2. The molecule has 2 aromatic heterocycles. The summed E-state index contributed by atoms with van der Waals surface area (Å²) in [6.07, 6.45) is 1.73. The average Bonchev–Trinajstić information content (AvgIpc) is 2.95. The summed E-state index contributed by atoms with van der Waals surface area (Å²) in [6, 6.07) is 9.52. The Morgan fingerprint density at radius 1 is 1.42 bits per heavy atom. The molecule has 1 aromatic carbocycles. The molecule has 0 aliphatic heterocycles. The second-order valence-electron chi connectivity index (χ2n) is 4.39. The van der Waals surface area contributed by atoms with Crippen LogP contribution in [0.5, 0.6) is 0 Å². The molecule has 3 rings (SSSR count). The highest BCUT2D eigenvalue weighted by molar-refractivity contribution is 5.86. The second kappa shape index (κ2) is 4.28. The number of carboxylic acid groups (broad SMARTS) is 1. The molecule has 0 unspecified atom stereocenters. The maximum atomic E-state index is 10.9. The van der Waals surface area contributed by atoms with Crippen molar-refractivity contribution in [2.75, 3.05) is 0 Å². The van der Waals surface area contributed by atoms with E-state index in [4.69, 9.17) is 9.52 Å². The number of aryl methyl sites for hydroxylation is 1. The van der Waals surface area contributed by atoms with Crippen LogP contribution < -0.4 is 0 Å². The molecule has 0 aliphatic carbocycles. The number of aromatic carboxylic acids is 1. The van der Waals surface area contributed by atoms with Gasteiger partial charge in [-0.2, -0.15) is 0 Å². The molecule has 0 saturated heterocycles. The van der Waals surface area contributed by atoms with E-state index >= 15 is 0 Å². The highest BCUT2D eigenvalue weighted by Gasteiger charge is 2.14. The van der Waals surface area contributed by atoms with Gasteiger partial charge < -0.3 is 14.1 Å². The summed E-state index contributed by atoms with van der Waals surface area (Å²) in [4.78, 5) is 15.2. The van der Waals surface area contributed by atoms with Crippen LogP contribution in [0.25, 0.3) is 11.0 Å². The Hall–Kier alpha value is -2.56. The number of furan rings is 1. The first-order chi connectivity index (χ1) is 9.15. The minimum atomic E-state index is -1.04. The summed E-state index contributed by atoms with van der Waals surface area (Å²) < 4.78 is 7.28. The minimum Gasteiger partial charge on any atom is -0.475 e. The Labute approximate surface area is 109 Å². The lowest BCUT2D eigenvalue weighted by molar-refractivity contribution is 0.0659. The number of hydrogen-bond donors (Lipinski definition) is 1. The summed E-state index contributed by atoms with van der Waals surface area (Å²) >= 11 is 0. The Kier molecular flexibility index (Phi) is 2.59. The third kappa shape index (κ3) is 1.99. The quantitative estimate of drug-likeness (QED) is 0.782. The first-order valence-electron chi connectivity index (χ1n) is 5.87. The third-order valence-corrected chi connectivity index (χ3v) is 3.02. The number of para-hydroxylation sites is 2. The van der Waals surface area contributed by atoms with Crippen molar-refractivity contribution in [3.05, 3.63) is 53.7 Å². The van der Waals surface area contributed by atoms with Gasteiger partial charge in [0.15, 0.2) is 0 Å². The van der Waals surface area contributed by atoms with Crippen molar-refractivity contribution in [3.63, 3.8) is 0 Å². The van der Waals surface area contributed by atoms with E-state index in [0.29, 0.717) is 17.9 Å². The fourth-order valence-electron chi connectivity index (χ4n) is 2.14. The van der Waals surface area contributed by atoms with Crippen LogP contribution in [-0.2, 0) is 6.54 Å². The molecule has 5 nitrogen and oxygen atoms in total. The summed E-state index contributed by atoms with van der Waals surface area (Å²) in [5.74, 6) is -0.434. The Morgan fingerprint density at radius 2 is 2.21 bits per heavy atom. The number of rotatable bonds is 3. The molecule has 1 N–H and O–H groups in total. The van der Waals surface area contributed by atoms with Gasteiger partial charge >= 0.3 is 5.97 Å². The number of carboxylic acids is 1. The molecule has 19 heavy (non-hydrogen) atoms. The molecule has 0 amide bonds. The molecule has 2 heterocycles. The lowest BCUT2D eigenvalue weighted by Crippen LogP contribution is -1.97. The number of carbonyl (C=O) groups is 1. The van der Waals surface area contributed by atoms with Crippen LogP contribution in [-0.4, -0.2) is 20.6 Å². The zero-order valence-corrected chi connectivity index (χ0v) is 10.3. The van der Waals surface area contributed by atoms with Crippen LogP contribution in [0.1, 0.15) is 21.9 Å². The van der Waals surface area contributed by atoms with Crippen LogP contribution in [0, 0.1) is 6.92 Å². The first-order valence-corrected chi connectivity index (χ1v) is 5.87. The van der Waals surface area contributed by atoms with Crippen molar-refractivity contribution in [2.24, 2.45) is 0 Å². The zero-order chi connectivity index (χ0) is 13.4. The van der Waals surface area contributed by atoms with E-state index in [1.54, 1.807) is 19.3 Å². The highest BCUT2D eigenvalue weighted by Crippen LogP contribution is 2.18. The van der Waals surface area contributed by atoms with Crippen molar-refractivity contribution in [1.29, 1.82) is 0 Å². The molecule has 0 fully saturated rings. The number of imidazole rings is 1. The predicted molar refractivity (Wildman–Crippen MR) is 69.2 cm³/mol. The topological polar surface area (TPSA) is 68.3 Å². The van der Waals surface area contributed by atoms with Crippen LogP contribution in [0.4, 0.5) is 0 Å². The SMILES string of the molecule is Cc1cc(Cn2cnc3ccccc32)oc1C(=O)O. The van der Waals surface area contributed by atoms with Gasteiger partial charge in [0.25, 0.3) is 0 Å². The summed E-state index contributed by atoms with van der Waals surface area (Å²) in [7, 11) is 0. The van der Waals surface area contributed by atoms with Crippen molar-refractivity contribution < 1.29 is 14.3 Å². The normalized spacial score (nSPS) is 11.0. The van der Waals surface area contributed by atoms with Gasteiger partial charge in [-0.05, 0) is 25.1 Å². The molecule has 5 heteroatoms. The number of nitrogens with zero attached hydrogens (tertiary/aromatic N) is 2. The van der Waals surface area contributed by atoms with Crippen LogP contribution in [0.2, 0.25) is 0 Å². The summed E-state index contributed by atoms with van der Waals surface area (Å²) in [5, 5.41) is 8.96. The Balaban J connectivity index is 1.97. The molecule has 3 aromatic rings. The largest absolute Gasteiger partial charge is 0.475 e. The Morgan fingerprint density at radius 3 is 2.95 bits per heavy atom. The van der Waals surface area contributed by atoms with E-state index in [1.807, 2.05) is 28.8 Å². The van der Waals surface area contributed by atoms with Gasteiger partial charge in [-0.25, -0.2) is 9.78 Å². The molecule has 0 aliphatic rings. The fraction of sp³-hybridized carbons (Fsp3) is 0.143. The molecule has 0 spiro atoms. The standard InChI is InChI=1S/C14H12N2O3/c1-9-6-10(19-13(9)14(17)18)7-16-8-15-11-4-2-3-5-12(11)16/h2-6,8H,7H2,1H3,(H,17,18). The molecule has 0 bridgehead atoms. The van der Waals surface area contributed by atoms with Gasteiger partial charge in [0, 0.05) is 5.56 Å². The molecular weight excluding hydrogens is 244 g/mol. The van der Waals surface area contributed by atoms with Crippen molar-refractivity contribution in [3.8, 4) is 0 Å². The van der Waals surface area contributed by atoms with Crippen molar-refractivity contribution in [2.45, 2.75) is 13.5 Å². The van der Waals surface area contributed by atoms with Gasteiger partial charge in [0.2, 0.25) is 5.76 Å². The van der Waals surface area contributed by atoms with E-state index in [9.17, 15) is 4.79 Å².